The van der Waals surface area contributed by atoms with Gasteiger partial charge in [-0.25, -0.2) is 14.6 Å². The number of fused-ring (bicyclic) bond motifs is 1. The Hall–Kier alpha value is -2.83. The van der Waals surface area contributed by atoms with Gasteiger partial charge in [-0.05, 0) is 45.2 Å². The first-order chi connectivity index (χ1) is 12.3. The zero-order valence-corrected chi connectivity index (χ0v) is 14.5. The molecule has 25 heavy (non-hydrogen) atoms. The SMILES string of the molecule is CCn1nnc(C)c1CNc1nc(-c2cccnc2)nc2c1CCC2. The molecule has 7 heteroatoms. The van der Waals surface area contributed by atoms with Crippen LogP contribution in [0, 0.1) is 6.92 Å². The highest BCUT2D eigenvalue weighted by Crippen LogP contribution is 2.29. The van der Waals surface area contributed by atoms with E-state index in [1.807, 2.05) is 23.7 Å². The number of hydrogen-bond acceptors (Lipinski definition) is 6. The highest BCUT2D eigenvalue weighted by atomic mass is 15.4. The standard InChI is InChI=1S/C18H21N7/c1-3-25-16(12(2)23-24-25)11-20-18-14-7-4-8-15(14)21-17(22-18)13-6-5-9-19-10-13/h5-6,9-10H,3-4,7-8,11H2,1-2H3,(H,20,21,22). The Bertz CT molecular complexity index is 886. The summed E-state index contributed by atoms with van der Waals surface area (Å²) in [6, 6.07) is 3.90. The smallest absolute Gasteiger partial charge is 0.163 e. The fourth-order valence-electron chi connectivity index (χ4n) is 3.26. The van der Waals surface area contributed by atoms with Gasteiger partial charge >= 0.3 is 0 Å². The van der Waals surface area contributed by atoms with Gasteiger partial charge in [0.2, 0.25) is 0 Å². The predicted molar refractivity (Wildman–Crippen MR) is 95.0 cm³/mol. The average Bonchev–Trinajstić information content (AvgIpc) is 3.26. The molecule has 0 amide bonds. The third-order valence-electron chi connectivity index (χ3n) is 4.61. The normalized spacial score (nSPS) is 13.0. The van der Waals surface area contributed by atoms with E-state index < -0.39 is 0 Å². The molecule has 1 N–H and O–H groups in total. The van der Waals surface area contributed by atoms with Gasteiger partial charge in [-0.3, -0.25) is 4.98 Å². The van der Waals surface area contributed by atoms with E-state index in [4.69, 9.17) is 9.97 Å². The Kier molecular flexibility index (Phi) is 4.13. The van der Waals surface area contributed by atoms with E-state index in [9.17, 15) is 0 Å². The lowest BCUT2D eigenvalue weighted by atomic mass is 10.2. The molecule has 0 unspecified atom stereocenters. The van der Waals surface area contributed by atoms with Crippen LogP contribution < -0.4 is 5.32 Å². The Morgan fingerprint density at radius 1 is 1.24 bits per heavy atom. The number of hydrogen-bond donors (Lipinski definition) is 1. The van der Waals surface area contributed by atoms with Crippen LogP contribution in [0.2, 0.25) is 0 Å². The Balaban J connectivity index is 1.67. The van der Waals surface area contributed by atoms with Gasteiger partial charge in [-0.1, -0.05) is 5.21 Å². The van der Waals surface area contributed by atoms with E-state index in [2.05, 4.69) is 27.5 Å². The molecule has 4 rings (SSSR count). The molecular formula is C18H21N7. The molecule has 0 saturated heterocycles. The molecule has 0 saturated carbocycles. The van der Waals surface area contributed by atoms with Crippen molar-refractivity contribution in [3.8, 4) is 11.4 Å². The first-order valence-corrected chi connectivity index (χ1v) is 8.69. The van der Waals surface area contributed by atoms with Crippen LogP contribution in [0.25, 0.3) is 11.4 Å². The van der Waals surface area contributed by atoms with Crippen LogP contribution in [0.5, 0.6) is 0 Å². The summed E-state index contributed by atoms with van der Waals surface area (Å²) in [6.07, 6.45) is 6.73. The van der Waals surface area contributed by atoms with Crippen molar-refractivity contribution in [3.05, 3.63) is 47.2 Å². The van der Waals surface area contributed by atoms with E-state index in [-0.39, 0.29) is 0 Å². The second kappa shape index (κ2) is 6.58. The van der Waals surface area contributed by atoms with Crippen LogP contribution in [0.4, 0.5) is 5.82 Å². The molecule has 7 nitrogen and oxygen atoms in total. The van der Waals surface area contributed by atoms with Gasteiger partial charge in [0.25, 0.3) is 0 Å². The molecular weight excluding hydrogens is 314 g/mol. The minimum atomic E-state index is 0.655. The molecule has 0 radical (unpaired) electrons. The minimum absolute atomic E-state index is 0.655. The number of aryl methyl sites for hydroxylation is 3. The number of anilines is 1. The highest BCUT2D eigenvalue weighted by Gasteiger charge is 2.20. The fourth-order valence-corrected chi connectivity index (χ4v) is 3.26. The summed E-state index contributed by atoms with van der Waals surface area (Å²) in [6.45, 7) is 5.52. The molecule has 1 aliphatic carbocycles. The molecule has 3 aromatic rings. The van der Waals surface area contributed by atoms with Gasteiger partial charge in [0.1, 0.15) is 5.82 Å². The van der Waals surface area contributed by atoms with Crippen LogP contribution >= 0.6 is 0 Å². The van der Waals surface area contributed by atoms with Crippen molar-refractivity contribution in [3.63, 3.8) is 0 Å². The summed E-state index contributed by atoms with van der Waals surface area (Å²) >= 11 is 0. The van der Waals surface area contributed by atoms with Gasteiger partial charge < -0.3 is 5.32 Å². The third kappa shape index (κ3) is 2.97. The van der Waals surface area contributed by atoms with Crippen LogP contribution in [0.3, 0.4) is 0 Å². The lowest BCUT2D eigenvalue weighted by molar-refractivity contribution is 0.601. The fraction of sp³-hybridized carbons (Fsp3) is 0.389. The van der Waals surface area contributed by atoms with Gasteiger partial charge in [-0.15, -0.1) is 5.10 Å². The lowest BCUT2D eigenvalue weighted by Crippen LogP contribution is -2.12. The quantitative estimate of drug-likeness (QED) is 0.772. The van der Waals surface area contributed by atoms with Gasteiger partial charge in [0.05, 0.1) is 17.9 Å². The zero-order valence-electron chi connectivity index (χ0n) is 14.5. The van der Waals surface area contributed by atoms with Crippen molar-refractivity contribution in [2.75, 3.05) is 5.32 Å². The molecule has 0 aliphatic heterocycles. The van der Waals surface area contributed by atoms with Crippen molar-refractivity contribution < 1.29 is 0 Å². The minimum Gasteiger partial charge on any atom is -0.364 e. The number of rotatable bonds is 5. The second-order valence-electron chi connectivity index (χ2n) is 6.21. The van der Waals surface area contributed by atoms with Crippen molar-refractivity contribution in [1.82, 2.24) is 29.9 Å². The summed E-state index contributed by atoms with van der Waals surface area (Å²) in [4.78, 5) is 13.7. The Morgan fingerprint density at radius 2 is 2.16 bits per heavy atom. The number of nitrogens with one attached hydrogen (secondary N) is 1. The van der Waals surface area contributed by atoms with Crippen LogP contribution in [-0.4, -0.2) is 29.9 Å². The third-order valence-corrected chi connectivity index (χ3v) is 4.61. The summed E-state index contributed by atoms with van der Waals surface area (Å²) in [5, 5.41) is 11.8. The van der Waals surface area contributed by atoms with Crippen molar-refractivity contribution in [2.24, 2.45) is 0 Å². The number of aromatic nitrogens is 6. The van der Waals surface area contributed by atoms with E-state index in [0.717, 1.165) is 60.1 Å². The van der Waals surface area contributed by atoms with Crippen LogP contribution in [-0.2, 0) is 25.9 Å². The number of nitrogens with zero attached hydrogens (tertiary/aromatic N) is 6. The van der Waals surface area contributed by atoms with Crippen molar-refractivity contribution in [2.45, 2.75) is 46.2 Å². The molecule has 1 aliphatic rings. The van der Waals surface area contributed by atoms with Crippen molar-refractivity contribution >= 4 is 5.82 Å². The van der Waals surface area contributed by atoms with E-state index in [1.165, 1.54) is 5.56 Å². The molecule has 3 heterocycles. The predicted octanol–water partition coefficient (Wildman–Crippen LogP) is 2.56. The van der Waals surface area contributed by atoms with E-state index >= 15 is 0 Å². The molecule has 3 aromatic heterocycles. The van der Waals surface area contributed by atoms with Gasteiger partial charge in [-0.2, -0.15) is 0 Å². The molecule has 128 valence electrons. The van der Waals surface area contributed by atoms with Gasteiger partial charge in [0, 0.05) is 35.8 Å². The Labute approximate surface area is 146 Å². The maximum absolute atomic E-state index is 4.79. The molecule has 0 spiro atoms. The average molecular weight is 335 g/mol. The molecule has 0 bridgehead atoms. The number of pyridine rings is 1. The summed E-state index contributed by atoms with van der Waals surface area (Å²) in [5.74, 6) is 1.65. The molecule has 0 atom stereocenters. The first kappa shape index (κ1) is 15.7. The summed E-state index contributed by atoms with van der Waals surface area (Å²) < 4.78 is 1.92. The topological polar surface area (TPSA) is 81.4 Å². The van der Waals surface area contributed by atoms with E-state index in [0.29, 0.717) is 6.54 Å². The molecule has 0 aromatic carbocycles. The first-order valence-electron chi connectivity index (χ1n) is 8.69. The van der Waals surface area contributed by atoms with Gasteiger partial charge in [0.15, 0.2) is 5.82 Å². The largest absolute Gasteiger partial charge is 0.364 e. The maximum atomic E-state index is 4.79. The van der Waals surface area contributed by atoms with E-state index in [1.54, 1.807) is 12.4 Å². The summed E-state index contributed by atoms with van der Waals surface area (Å²) in [7, 11) is 0. The lowest BCUT2D eigenvalue weighted by Gasteiger charge is -2.13. The summed E-state index contributed by atoms with van der Waals surface area (Å²) in [5.41, 5.74) is 5.37. The zero-order chi connectivity index (χ0) is 17.2. The monoisotopic (exact) mass is 335 g/mol. The Morgan fingerprint density at radius 3 is 2.96 bits per heavy atom. The van der Waals surface area contributed by atoms with Crippen LogP contribution in [0.1, 0.15) is 36.0 Å². The maximum Gasteiger partial charge on any atom is 0.163 e. The van der Waals surface area contributed by atoms with Crippen LogP contribution in [0.15, 0.2) is 24.5 Å². The second-order valence-corrected chi connectivity index (χ2v) is 6.21. The van der Waals surface area contributed by atoms with Crippen molar-refractivity contribution in [1.29, 1.82) is 0 Å². The molecule has 0 fully saturated rings. The highest BCUT2D eigenvalue weighted by molar-refractivity contribution is 5.59.